The van der Waals surface area contributed by atoms with Crippen molar-refractivity contribution in [2.75, 3.05) is 39.6 Å². The minimum absolute atomic E-state index is 0.106. The summed E-state index contributed by atoms with van der Waals surface area (Å²) in [5, 5.41) is 10.6. The van der Waals surface area contributed by atoms with Crippen molar-refractivity contribution in [1.82, 2.24) is 0 Å². The van der Waals surface area contributed by atoms with Gasteiger partial charge in [-0.15, -0.1) is 0 Å². The van der Waals surface area contributed by atoms with Crippen LogP contribution in [0.4, 0.5) is 0 Å². The van der Waals surface area contributed by atoms with E-state index in [4.69, 9.17) is 37.0 Å². The molecule has 19 heteroatoms. The van der Waals surface area contributed by atoms with Gasteiger partial charge in [-0.25, -0.2) is 9.13 Å². The summed E-state index contributed by atoms with van der Waals surface area (Å²) in [6.45, 7) is 11.9. The lowest BCUT2D eigenvalue weighted by atomic mass is 10.0. The molecule has 3 N–H and O–H groups in total. The quantitative estimate of drug-likeness (QED) is 0.0222. The minimum atomic E-state index is -4.96. The zero-order valence-electron chi connectivity index (χ0n) is 64.3. The number of phosphoric acid groups is 2. The largest absolute Gasteiger partial charge is 0.472 e. The Labute approximate surface area is 600 Å². The van der Waals surface area contributed by atoms with Crippen molar-refractivity contribution in [2.45, 2.75) is 426 Å². The van der Waals surface area contributed by atoms with Gasteiger partial charge in [-0.1, -0.05) is 357 Å². The summed E-state index contributed by atoms with van der Waals surface area (Å²) in [4.78, 5) is 72.9. The van der Waals surface area contributed by atoms with Gasteiger partial charge >= 0.3 is 39.5 Å². The highest BCUT2D eigenvalue weighted by Crippen LogP contribution is 2.45. The fourth-order valence-corrected chi connectivity index (χ4v) is 13.7. The molecule has 0 saturated heterocycles. The van der Waals surface area contributed by atoms with Crippen LogP contribution in [0.2, 0.25) is 0 Å². The number of hydrogen-bond acceptors (Lipinski definition) is 15. The maximum absolute atomic E-state index is 13.1. The first-order valence-corrected chi connectivity index (χ1v) is 43.8. The van der Waals surface area contributed by atoms with E-state index in [1.165, 1.54) is 218 Å². The predicted molar refractivity (Wildman–Crippen MR) is 400 cm³/mol. The second-order valence-electron chi connectivity index (χ2n) is 29.9. The molecule has 0 aliphatic rings. The molecule has 5 atom stereocenters. The van der Waals surface area contributed by atoms with E-state index < -0.39 is 97.5 Å². The molecule has 0 aromatic heterocycles. The molecule has 582 valence electrons. The van der Waals surface area contributed by atoms with Crippen LogP contribution in [0.5, 0.6) is 0 Å². The van der Waals surface area contributed by atoms with Crippen molar-refractivity contribution in [3.05, 3.63) is 0 Å². The van der Waals surface area contributed by atoms with E-state index in [2.05, 4.69) is 48.5 Å². The van der Waals surface area contributed by atoms with E-state index in [-0.39, 0.29) is 25.7 Å². The second-order valence-corrected chi connectivity index (χ2v) is 32.8. The predicted octanol–water partition coefficient (Wildman–Crippen LogP) is 23.4. The zero-order chi connectivity index (χ0) is 72.3. The van der Waals surface area contributed by atoms with Gasteiger partial charge in [0.25, 0.3) is 0 Å². The number of hydrogen-bond donors (Lipinski definition) is 3. The van der Waals surface area contributed by atoms with E-state index in [1.807, 2.05) is 0 Å². The number of ether oxygens (including phenoxy) is 4. The molecule has 0 aliphatic carbocycles. The molecule has 0 amide bonds. The molecule has 2 unspecified atom stereocenters. The normalized spacial score (nSPS) is 14.0. The zero-order valence-corrected chi connectivity index (χ0v) is 66.0. The van der Waals surface area contributed by atoms with Crippen LogP contribution >= 0.6 is 15.6 Å². The SMILES string of the molecule is CCCCCCCCCCCCCCC(=O)OC[C@H](COP(=O)(O)OC[C@H](O)COP(=O)(O)OC[C@@H](COC(=O)CCCCCCCCCCCCCCC(C)C)OC(=O)CCCCCCCCCCCCCCCCCCC(C)C)OC(=O)CCCCCCCCCCCC(C)C. The van der Waals surface area contributed by atoms with Crippen LogP contribution in [-0.2, 0) is 65.4 Å². The fraction of sp³-hybridized carbons (Fsp3) is 0.949. The van der Waals surface area contributed by atoms with Gasteiger partial charge in [0.1, 0.15) is 19.3 Å². The third-order valence-electron chi connectivity index (χ3n) is 18.4. The van der Waals surface area contributed by atoms with Crippen molar-refractivity contribution < 1.29 is 80.2 Å². The standard InChI is InChI=1S/C79H154O17P2/c1-8-9-10-11-12-13-14-25-32-39-46-53-60-76(81)89-67-75(96-79(84)63-56-49-42-35-28-31-38-45-52-59-72(6)7)69-94-98(87,88)92-65-73(80)64-91-97(85,86)93-68-74(66-90-77(82)61-54-47-40-33-26-22-21-24-30-37-44-51-58-71(4)5)95-78(83)62-55-48-41-34-27-20-18-16-15-17-19-23-29-36-43-50-57-70(2)3/h70-75,80H,8-69H2,1-7H3,(H,85,86)(H,87,88)/t73-,74-,75-/m1/s1. The maximum atomic E-state index is 13.1. The van der Waals surface area contributed by atoms with Gasteiger partial charge in [-0.05, 0) is 43.4 Å². The number of aliphatic hydroxyl groups is 1. The van der Waals surface area contributed by atoms with E-state index in [0.717, 1.165) is 108 Å². The van der Waals surface area contributed by atoms with Crippen LogP contribution in [-0.4, -0.2) is 96.7 Å². The highest BCUT2D eigenvalue weighted by molar-refractivity contribution is 7.47. The second kappa shape index (κ2) is 69.4. The Hall–Kier alpha value is -1.94. The highest BCUT2D eigenvalue weighted by Gasteiger charge is 2.30. The number of carbonyl (C=O) groups excluding carboxylic acids is 4. The molecule has 98 heavy (non-hydrogen) atoms. The maximum Gasteiger partial charge on any atom is 0.472 e. The van der Waals surface area contributed by atoms with E-state index in [1.54, 1.807) is 0 Å². The third kappa shape index (κ3) is 72.4. The summed E-state index contributed by atoms with van der Waals surface area (Å²) in [6, 6.07) is 0. The molecular formula is C79H154O17P2. The summed E-state index contributed by atoms with van der Waals surface area (Å²) in [5.74, 6) is 0.215. The van der Waals surface area contributed by atoms with Crippen LogP contribution in [0.25, 0.3) is 0 Å². The Kier molecular flexibility index (Phi) is 68.1. The number of aliphatic hydroxyl groups excluding tert-OH is 1. The van der Waals surface area contributed by atoms with Crippen molar-refractivity contribution in [3.8, 4) is 0 Å². The number of carbonyl (C=O) groups is 4. The summed E-state index contributed by atoms with van der Waals surface area (Å²) >= 11 is 0. The molecule has 0 aromatic carbocycles. The lowest BCUT2D eigenvalue weighted by Crippen LogP contribution is -2.30. The van der Waals surface area contributed by atoms with Gasteiger partial charge in [-0.2, -0.15) is 0 Å². The molecule has 0 spiro atoms. The van der Waals surface area contributed by atoms with Crippen molar-refractivity contribution in [2.24, 2.45) is 17.8 Å². The van der Waals surface area contributed by atoms with Crippen molar-refractivity contribution in [1.29, 1.82) is 0 Å². The molecular weight excluding hydrogens is 1280 g/mol. The Morgan fingerprint density at radius 3 is 0.694 bits per heavy atom. The highest BCUT2D eigenvalue weighted by atomic mass is 31.2. The molecule has 0 heterocycles. The Bertz CT molecular complexity index is 1900. The summed E-state index contributed by atoms with van der Waals surface area (Å²) in [7, 11) is -9.92. The fourth-order valence-electron chi connectivity index (χ4n) is 12.1. The first-order chi connectivity index (χ1) is 47.2. The number of unbranched alkanes of at least 4 members (excludes halogenated alkanes) is 45. The number of rotatable bonds is 77. The van der Waals surface area contributed by atoms with Gasteiger partial charge in [0.15, 0.2) is 12.2 Å². The van der Waals surface area contributed by atoms with Crippen LogP contribution in [0, 0.1) is 17.8 Å². The Morgan fingerprint density at radius 1 is 0.276 bits per heavy atom. The molecule has 0 saturated carbocycles. The van der Waals surface area contributed by atoms with Gasteiger partial charge in [0.05, 0.1) is 26.4 Å². The molecule has 0 fully saturated rings. The Balaban J connectivity index is 5.25. The lowest BCUT2D eigenvalue weighted by Gasteiger charge is -2.21. The average Bonchev–Trinajstić information content (AvgIpc) is 1.20. The smallest absolute Gasteiger partial charge is 0.462 e. The molecule has 0 aliphatic heterocycles. The van der Waals surface area contributed by atoms with Crippen molar-refractivity contribution in [3.63, 3.8) is 0 Å². The summed E-state index contributed by atoms with van der Waals surface area (Å²) in [5.41, 5.74) is 0. The average molecular weight is 1440 g/mol. The van der Waals surface area contributed by atoms with Gasteiger partial charge in [0, 0.05) is 25.7 Å². The monoisotopic (exact) mass is 1440 g/mol. The first-order valence-electron chi connectivity index (χ1n) is 40.8. The van der Waals surface area contributed by atoms with E-state index in [9.17, 15) is 43.2 Å². The minimum Gasteiger partial charge on any atom is -0.462 e. The molecule has 0 rings (SSSR count). The molecule has 0 aromatic rings. The number of phosphoric ester groups is 2. The topological polar surface area (TPSA) is 237 Å². The van der Waals surface area contributed by atoms with E-state index >= 15 is 0 Å². The third-order valence-corrected chi connectivity index (χ3v) is 20.3. The van der Waals surface area contributed by atoms with Crippen LogP contribution in [0.1, 0.15) is 408 Å². The lowest BCUT2D eigenvalue weighted by molar-refractivity contribution is -0.161. The van der Waals surface area contributed by atoms with Crippen molar-refractivity contribution >= 4 is 39.5 Å². The first kappa shape index (κ1) is 96.1. The number of esters is 4. The Morgan fingerprint density at radius 2 is 0.469 bits per heavy atom. The molecule has 0 radical (unpaired) electrons. The van der Waals surface area contributed by atoms with Crippen LogP contribution in [0.3, 0.4) is 0 Å². The van der Waals surface area contributed by atoms with Gasteiger partial charge in [0.2, 0.25) is 0 Å². The summed E-state index contributed by atoms with van der Waals surface area (Å²) < 4.78 is 68.7. The summed E-state index contributed by atoms with van der Waals surface area (Å²) in [6.07, 6.45) is 56.8. The van der Waals surface area contributed by atoms with Gasteiger partial charge < -0.3 is 33.8 Å². The van der Waals surface area contributed by atoms with Crippen LogP contribution in [0.15, 0.2) is 0 Å². The molecule has 17 nitrogen and oxygen atoms in total. The van der Waals surface area contributed by atoms with E-state index in [0.29, 0.717) is 25.7 Å². The molecule has 0 bridgehead atoms. The van der Waals surface area contributed by atoms with Gasteiger partial charge in [-0.3, -0.25) is 37.3 Å². The van der Waals surface area contributed by atoms with Crippen LogP contribution < -0.4 is 0 Å².